The Labute approximate surface area is 122 Å². The number of fused-ring (bicyclic) bond motifs is 1. The molecule has 0 spiro atoms. The highest BCUT2D eigenvalue weighted by atomic mass is 16.4. The summed E-state index contributed by atoms with van der Waals surface area (Å²) in [6.07, 6.45) is 0.719. The summed E-state index contributed by atoms with van der Waals surface area (Å²) in [5, 5.41) is 11.7. The minimum atomic E-state index is -1.01. The normalized spacial score (nSPS) is 13.8. The number of imidazole rings is 1. The number of aromatic amines is 1. The van der Waals surface area contributed by atoms with Crippen LogP contribution in [-0.2, 0) is 16.0 Å². The number of aromatic nitrogens is 2. The van der Waals surface area contributed by atoms with Crippen molar-refractivity contribution in [3.05, 3.63) is 30.1 Å². The van der Waals surface area contributed by atoms with Gasteiger partial charge in [-0.3, -0.25) is 4.79 Å². The molecular formula is C15H19N3O3. The van der Waals surface area contributed by atoms with E-state index < -0.39 is 12.0 Å². The van der Waals surface area contributed by atoms with Gasteiger partial charge >= 0.3 is 5.97 Å². The summed E-state index contributed by atoms with van der Waals surface area (Å²) < 4.78 is 0. The van der Waals surface area contributed by atoms with Crippen molar-refractivity contribution in [1.29, 1.82) is 0 Å². The third-order valence-electron chi connectivity index (χ3n) is 3.56. The fourth-order valence-corrected chi connectivity index (χ4v) is 2.15. The Hall–Kier alpha value is -2.37. The quantitative estimate of drug-likeness (QED) is 0.754. The lowest BCUT2D eigenvalue weighted by Crippen LogP contribution is -2.45. The van der Waals surface area contributed by atoms with Crippen LogP contribution in [0.5, 0.6) is 0 Å². The van der Waals surface area contributed by atoms with E-state index in [1.54, 1.807) is 6.92 Å². The van der Waals surface area contributed by atoms with Gasteiger partial charge in [-0.1, -0.05) is 32.4 Å². The molecule has 21 heavy (non-hydrogen) atoms. The highest BCUT2D eigenvalue weighted by molar-refractivity contribution is 5.85. The number of hydrogen-bond donors (Lipinski definition) is 3. The second kappa shape index (κ2) is 6.39. The molecule has 2 rings (SSSR count). The standard InChI is InChI=1S/C15H19N3O3/c1-3-9(2)14(15(20)21)18-13(19)8-12-16-10-6-4-5-7-11(10)17-12/h4-7,9,14H,3,8H2,1-2H3,(H,16,17)(H,18,19)(H,20,21)/t9-,14-/m0/s1. The number of rotatable bonds is 6. The van der Waals surface area contributed by atoms with E-state index in [1.165, 1.54) is 0 Å². The number of nitrogens with zero attached hydrogens (tertiary/aromatic N) is 1. The van der Waals surface area contributed by atoms with Crippen molar-refractivity contribution in [2.24, 2.45) is 5.92 Å². The van der Waals surface area contributed by atoms with Crippen molar-refractivity contribution in [1.82, 2.24) is 15.3 Å². The number of H-pyrrole nitrogens is 1. The van der Waals surface area contributed by atoms with Gasteiger partial charge < -0.3 is 15.4 Å². The first-order chi connectivity index (χ1) is 10.0. The lowest BCUT2D eigenvalue weighted by Gasteiger charge is -2.19. The fraction of sp³-hybridized carbons (Fsp3) is 0.400. The van der Waals surface area contributed by atoms with Crippen molar-refractivity contribution in [3.63, 3.8) is 0 Å². The van der Waals surface area contributed by atoms with Gasteiger partial charge in [-0.2, -0.15) is 0 Å². The summed E-state index contributed by atoms with van der Waals surface area (Å²) in [5.74, 6) is -0.951. The van der Waals surface area contributed by atoms with Crippen LogP contribution in [-0.4, -0.2) is 33.0 Å². The number of carboxylic acid groups (broad SMARTS) is 1. The molecule has 6 heteroatoms. The van der Waals surface area contributed by atoms with E-state index in [1.807, 2.05) is 31.2 Å². The molecule has 0 unspecified atom stereocenters. The number of carbonyl (C=O) groups is 2. The van der Waals surface area contributed by atoms with Gasteiger partial charge in [-0.15, -0.1) is 0 Å². The zero-order chi connectivity index (χ0) is 15.4. The van der Waals surface area contributed by atoms with E-state index in [4.69, 9.17) is 5.11 Å². The van der Waals surface area contributed by atoms with E-state index in [9.17, 15) is 9.59 Å². The van der Waals surface area contributed by atoms with E-state index in [0.29, 0.717) is 12.2 Å². The molecule has 0 radical (unpaired) electrons. The molecule has 3 N–H and O–H groups in total. The third-order valence-corrected chi connectivity index (χ3v) is 3.56. The summed E-state index contributed by atoms with van der Waals surface area (Å²) in [5.41, 5.74) is 1.65. The van der Waals surface area contributed by atoms with Gasteiger partial charge in [0, 0.05) is 0 Å². The van der Waals surface area contributed by atoms with Gasteiger partial charge in [0.2, 0.25) is 5.91 Å². The number of para-hydroxylation sites is 2. The smallest absolute Gasteiger partial charge is 0.326 e. The Kier molecular flexibility index (Phi) is 4.57. The molecule has 2 atom stereocenters. The Morgan fingerprint density at radius 1 is 1.38 bits per heavy atom. The van der Waals surface area contributed by atoms with Gasteiger partial charge in [-0.05, 0) is 18.1 Å². The molecule has 1 aromatic heterocycles. The second-order valence-electron chi connectivity index (χ2n) is 5.15. The first kappa shape index (κ1) is 15.0. The summed E-state index contributed by atoms with van der Waals surface area (Å²) in [6, 6.07) is 6.62. The highest BCUT2D eigenvalue weighted by Crippen LogP contribution is 2.11. The third kappa shape index (κ3) is 3.59. The molecule has 0 aliphatic heterocycles. The summed E-state index contributed by atoms with van der Waals surface area (Å²) in [7, 11) is 0. The number of benzene rings is 1. The van der Waals surface area contributed by atoms with E-state index >= 15 is 0 Å². The zero-order valence-electron chi connectivity index (χ0n) is 12.1. The van der Waals surface area contributed by atoms with Crippen LogP contribution >= 0.6 is 0 Å². The molecule has 1 heterocycles. The van der Waals surface area contributed by atoms with Crippen LogP contribution in [0.1, 0.15) is 26.1 Å². The van der Waals surface area contributed by atoms with Crippen LogP contribution in [0.4, 0.5) is 0 Å². The van der Waals surface area contributed by atoms with Gasteiger partial charge in [0.25, 0.3) is 0 Å². The number of carbonyl (C=O) groups excluding carboxylic acids is 1. The van der Waals surface area contributed by atoms with Gasteiger partial charge in [0.1, 0.15) is 11.9 Å². The van der Waals surface area contributed by atoms with E-state index in [2.05, 4.69) is 15.3 Å². The molecule has 0 saturated heterocycles. The van der Waals surface area contributed by atoms with Crippen molar-refractivity contribution >= 4 is 22.9 Å². The van der Waals surface area contributed by atoms with E-state index in [0.717, 1.165) is 11.0 Å². The van der Waals surface area contributed by atoms with Crippen LogP contribution in [0.3, 0.4) is 0 Å². The van der Waals surface area contributed by atoms with Crippen molar-refractivity contribution in [2.45, 2.75) is 32.7 Å². The maximum absolute atomic E-state index is 12.0. The van der Waals surface area contributed by atoms with Crippen molar-refractivity contribution in [3.8, 4) is 0 Å². The molecule has 0 aliphatic rings. The van der Waals surface area contributed by atoms with Gasteiger partial charge in [0.15, 0.2) is 0 Å². The predicted octanol–water partition coefficient (Wildman–Crippen LogP) is 1.72. The van der Waals surface area contributed by atoms with Crippen molar-refractivity contribution < 1.29 is 14.7 Å². The molecule has 1 aromatic carbocycles. The summed E-state index contributed by atoms with van der Waals surface area (Å²) in [6.45, 7) is 3.70. The lowest BCUT2D eigenvalue weighted by atomic mass is 9.99. The number of amides is 1. The molecule has 6 nitrogen and oxygen atoms in total. The second-order valence-corrected chi connectivity index (χ2v) is 5.15. The number of aliphatic carboxylic acids is 1. The monoisotopic (exact) mass is 289 g/mol. The SMILES string of the molecule is CC[C@H](C)[C@H](NC(=O)Cc1nc2ccccc2[nH]1)C(=O)O. The van der Waals surface area contributed by atoms with Crippen LogP contribution in [0.2, 0.25) is 0 Å². The highest BCUT2D eigenvalue weighted by Gasteiger charge is 2.25. The lowest BCUT2D eigenvalue weighted by molar-refractivity contribution is -0.143. The van der Waals surface area contributed by atoms with Crippen LogP contribution in [0.15, 0.2) is 24.3 Å². The Morgan fingerprint density at radius 3 is 2.71 bits per heavy atom. The average Bonchev–Trinajstić information content (AvgIpc) is 2.85. The maximum Gasteiger partial charge on any atom is 0.326 e. The van der Waals surface area contributed by atoms with E-state index in [-0.39, 0.29) is 18.2 Å². The maximum atomic E-state index is 12.0. The molecule has 112 valence electrons. The van der Waals surface area contributed by atoms with Gasteiger partial charge in [-0.25, -0.2) is 9.78 Å². The number of hydrogen-bond acceptors (Lipinski definition) is 3. The molecule has 2 aromatic rings. The van der Waals surface area contributed by atoms with Crippen molar-refractivity contribution in [2.75, 3.05) is 0 Å². The summed E-state index contributed by atoms with van der Waals surface area (Å²) >= 11 is 0. The predicted molar refractivity (Wildman–Crippen MR) is 78.8 cm³/mol. The van der Waals surface area contributed by atoms with Crippen LogP contribution in [0, 0.1) is 5.92 Å². The Bertz CT molecular complexity index is 617. The molecule has 0 bridgehead atoms. The number of carboxylic acids is 1. The number of nitrogens with one attached hydrogen (secondary N) is 2. The van der Waals surface area contributed by atoms with Gasteiger partial charge in [0.05, 0.1) is 17.5 Å². The van der Waals surface area contributed by atoms with Crippen LogP contribution < -0.4 is 5.32 Å². The molecule has 0 aliphatic carbocycles. The minimum Gasteiger partial charge on any atom is -0.480 e. The topological polar surface area (TPSA) is 95.1 Å². The first-order valence-corrected chi connectivity index (χ1v) is 6.97. The first-order valence-electron chi connectivity index (χ1n) is 6.97. The Morgan fingerprint density at radius 2 is 2.10 bits per heavy atom. The average molecular weight is 289 g/mol. The summed E-state index contributed by atoms with van der Waals surface area (Å²) in [4.78, 5) is 30.5. The fourth-order valence-electron chi connectivity index (χ4n) is 2.15. The van der Waals surface area contributed by atoms with Crippen LogP contribution in [0.25, 0.3) is 11.0 Å². The Balaban J connectivity index is 2.05. The largest absolute Gasteiger partial charge is 0.480 e. The molecule has 0 saturated carbocycles. The molecule has 1 amide bonds. The zero-order valence-corrected chi connectivity index (χ0v) is 12.1. The molecule has 0 fully saturated rings. The molecular weight excluding hydrogens is 270 g/mol. The minimum absolute atomic E-state index is 0.0366.